The van der Waals surface area contributed by atoms with Gasteiger partial charge in [-0.15, -0.1) is 29.8 Å². The van der Waals surface area contributed by atoms with Crippen molar-refractivity contribution in [3.63, 3.8) is 0 Å². The van der Waals surface area contributed by atoms with Crippen LogP contribution in [0.2, 0.25) is 0 Å². The highest BCUT2D eigenvalue weighted by molar-refractivity contribution is 7.94. The third-order valence-corrected chi connectivity index (χ3v) is 13.0. The van der Waals surface area contributed by atoms with Gasteiger partial charge >= 0.3 is 11.4 Å². The van der Waals surface area contributed by atoms with Crippen molar-refractivity contribution >= 4 is 78.5 Å². The first kappa shape index (κ1) is 53.8. The van der Waals surface area contributed by atoms with Crippen LogP contribution in [0.15, 0.2) is 101 Å². The number of azo groups is 2. The van der Waals surface area contributed by atoms with Gasteiger partial charge in [-0.1, -0.05) is 0 Å². The van der Waals surface area contributed by atoms with Crippen LogP contribution in [-0.4, -0.2) is 116 Å². The Kier molecular flexibility index (Phi) is 16.1. The summed E-state index contributed by atoms with van der Waals surface area (Å²) in [6.45, 7) is 12.3. The van der Waals surface area contributed by atoms with Crippen molar-refractivity contribution in [2.24, 2.45) is 20.5 Å². The van der Waals surface area contributed by atoms with Crippen LogP contribution in [0.5, 0.6) is 0 Å². The number of aromatic nitrogens is 14. The number of benzene rings is 2. The molecule has 0 radical (unpaired) electrons. The largest absolute Gasteiger partial charge is 0.382 e. The maximum Gasteiger partial charge on any atom is 0.351 e. The first-order chi connectivity index (χ1) is 36.8. The molecule has 8 aromatic rings. The van der Waals surface area contributed by atoms with Crippen LogP contribution in [0.4, 0.5) is 46.3 Å². The molecule has 34 nitrogen and oxygen atoms in total. The van der Waals surface area contributed by atoms with Crippen molar-refractivity contribution in [2.45, 2.75) is 37.0 Å². The lowest BCUT2D eigenvalue weighted by molar-refractivity contribution is -0.244. The molecule has 0 unspecified atom stereocenters. The molecule has 2 aromatic carbocycles. The van der Waals surface area contributed by atoms with Gasteiger partial charge in [-0.25, -0.2) is 36.9 Å². The normalized spacial score (nSPS) is 11.9. The van der Waals surface area contributed by atoms with E-state index >= 15 is 0 Å². The summed E-state index contributed by atoms with van der Waals surface area (Å²) >= 11 is 0.860. The summed E-state index contributed by atoms with van der Waals surface area (Å²) in [5.74, 6) is -0.972. The summed E-state index contributed by atoms with van der Waals surface area (Å²) < 4.78 is 69.9. The molecule has 6 aromatic heterocycles. The van der Waals surface area contributed by atoms with E-state index in [1.165, 1.54) is 46.0 Å². The van der Waals surface area contributed by atoms with Crippen LogP contribution >= 0.6 is 12.0 Å². The van der Waals surface area contributed by atoms with Gasteiger partial charge in [-0.05, 0) is 75.7 Å². The fourth-order valence-electron chi connectivity index (χ4n) is 6.62. The summed E-state index contributed by atoms with van der Waals surface area (Å²) in [7, 11) is -8.24. The quantitative estimate of drug-likeness (QED) is 0.00919. The number of nitriles is 1. The van der Waals surface area contributed by atoms with Crippen molar-refractivity contribution in [1.82, 2.24) is 79.2 Å². The molecule has 0 aliphatic heterocycles. The number of hydrogen-bond acceptors (Lipinski definition) is 26. The van der Waals surface area contributed by atoms with Crippen LogP contribution in [0, 0.1) is 38.7 Å². The summed E-state index contributed by atoms with van der Waals surface area (Å²) in [5.41, 5.74) is 15.4. The Labute approximate surface area is 437 Å². The van der Waals surface area contributed by atoms with Crippen LogP contribution in [0.3, 0.4) is 0 Å². The number of hydrogen-bond donors (Lipinski definition) is 8. The van der Waals surface area contributed by atoms with Crippen LogP contribution in [0.1, 0.15) is 29.2 Å². The Hall–Kier alpha value is -9.47. The van der Waals surface area contributed by atoms with Crippen molar-refractivity contribution in [1.29, 1.82) is 5.26 Å². The van der Waals surface area contributed by atoms with Crippen molar-refractivity contribution < 1.29 is 30.7 Å². The van der Waals surface area contributed by atoms with Gasteiger partial charge in [0.15, 0.2) is 34.6 Å². The van der Waals surface area contributed by atoms with Gasteiger partial charge in [0, 0.05) is 24.5 Å². The standard InChI is InChI=1S/C40H39N25O9S3/c1-21-30(33(43)65(61-21)38-52-36(53-40(67)55-38)45-16-17-76(68,69)70)56-58-34-24(18-41)19-46-62(34)25-6-10-27(11-7-25)75-74-73-48-14-5-15-49-77(71,72)28-12-8-26(9-13-28)63-35(29(44-4)20-47-63)59-57-31-22(2)60-64(32(31)42)37-50-23(3)51-39(66)54-37/h6-13,19-20,48-49H,5,14-17,42-43H2,1-3H3,(H,68,69,70)(H,50,51,54,66)(H2,45,52,53,55,67). The maximum atomic E-state index is 13.1. The molecule has 37 heteroatoms. The van der Waals surface area contributed by atoms with Crippen LogP contribution < -0.4 is 38.4 Å². The summed E-state index contributed by atoms with van der Waals surface area (Å²) in [6, 6.07) is 14.4. The number of nitrogens with two attached hydrogens (primary N) is 2. The zero-order chi connectivity index (χ0) is 55.0. The lowest BCUT2D eigenvalue weighted by atomic mass is 10.3. The average molecular weight is 1110 g/mol. The predicted octanol–water partition coefficient (Wildman–Crippen LogP) is 2.86. The van der Waals surface area contributed by atoms with Gasteiger partial charge in [0.1, 0.15) is 17.5 Å². The minimum atomic E-state index is -4.29. The minimum Gasteiger partial charge on any atom is -0.382 e. The van der Waals surface area contributed by atoms with E-state index in [0.29, 0.717) is 34.2 Å². The van der Waals surface area contributed by atoms with E-state index < -0.39 is 37.3 Å². The number of nitrogens with one attached hydrogen (secondary N) is 5. The van der Waals surface area contributed by atoms with E-state index in [0.717, 1.165) is 21.4 Å². The number of sulfonamides is 1. The molecule has 0 fully saturated rings. The zero-order valence-electron chi connectivity index (χ0n) is 40.0. The number of aryl methyl sites for hydroxylation is 3. The number of rotatable bonds is 22. The van der Waals surface area contributed by atoms with E-state index in [4.69, 9.17) is 31.9 Å². The number of aromatic amines is 2. The monoisotopic (exact) mass is 1110 g/mol. The summed E-state index contributed by atoms with van der Waals surface area (Å²) in [6.07, 6.45) is 2.87. The van der Waals surface area contributed by atoms with Gasteiger partial charge in [0.05, 0.1) is 64.4 Å². The SMILES string of the molecule is [C-]#[N+]c1cnn(-c2ccc(S(=O)(=O)NCCCNOOSc3ccc(-n4ncc(C#N)c4N=Nc4c(C)nn(-c5nc(NCCS(=O)(=O)O)[nH]c(=O)n5)c4N)cc3)cc2)c1N=Nc1c(C)nn(-c2nc(C)[nH]c(=O)n2)c1N. The Morgan fingerprint density at radius 2 is 1.36 bits per heavy atom. The molecule has 77 heavy (non-hydrogen) atoms. The minimum absolute atomic E-state index is 0.0153. The highest BCUT2D eigenvalue weighted by Gasteiger charge is 2.22. The molecule has 8 rings (SSSR count). The van der Waals surface area contributed by atoms with Gasteiger partial charge < -0.3 is 16.8 Å². The topological polar surface area (TPSA) is 461 Å². The van der Waals surface area contributed by atoms with Crippen molar-refractivity contribution in [3.8, 4) is 29.3 Å². The van der Waals surface area contributed by atoms with Gasteiger partial charge in [0.2, 0.25) is 16.0 Å². The van der Waals surface area contributed by atoms with E-state index in [2.05, 4.69) is 91.1 Å². The Bertz CT molecular complexity index is 4000. The maximum absolute atomic E-state index is 13.1. The van der Waals surface area contributed by atoms with E-state index in [-0.39, 0.29) is 94.0 Å². The fourth-order valence-corrected chi connectivity index (χ4v) is 8.47. The molecule has 0 saturated carbocycles. The molecule has 396 valence electrons. The first-order valence-corrected chi connectivity index (χ1v) is 25.7. The molecule has 0 atom stereocenters. The van der Waals surface area contributed by atoms with Gasteiger partial charge in [0.25, 0.3) is 27.7 Å². The third-order valence-electron chi connectivity index (χ3n) is 10.2. The number of nitrogens with zero attached hydrogens (tertiary/aromatic N) is 18. The van der Waals surface area contributed by atoms with Crippen LogP contribution in [0.25, 0.3) is 28.1 Å². The van der Waals surface area contributed by atoms with E-state index in [1.54, 1.807) is 45.0 Å². The molecule has 0 saturated heterocycles. The summed E-state index contributed by atoms with van der Waals surface area (Å²) in [5, 5.41) is 46.3. The van der Waals surface area contributed by atoms with Gasteiger partial charge in [-0.2, -0.15) is 68.9 Å². The molecular formula is C40H39N25O9S3. The van der Waals surface area contributed by atoms with Crippen LogP contribution in [-0.2, 0) is 29.5 Å². The van der Waals surface area contributed by atoms with Gasteiger partial charge in [-0.3, -0.25) is 14.5 Å². The van der Waals surface area contributed by atoms with E-state index in [1.807, 2.05) is 6.07 Å². The van der Waals surface area contributed by atoms with E-state index in [9.17, 15) is 31.7 Å². The Morgan fingerprint density at radius 1 is 0.779 bits per heavy atom. The average Bonchev–Trinajstić information content (AvgIpc) is 4.16. The highest BCUT2D eigenvalue weighted by atomic mass is 32.2. The van der Waals surface area contributed by atoms with Crippen molar-refractivity contribution in [3.05, 3.63) is 116 Å². The molecular weight excluding hydrogens is 1070 g/mol. The zero-order valence-corrected chi connectivity index (χ0v) is 42.4. The second-order valence-electron chi connectivity index (χ2n) is 15.6. The fraction of sp³-hybridized carbons (Fsp3) is 0.200. The highest BCUT2D eigenvalue weighted by Crippen LogP contribution is 2.36. The number of anilines is 3. The first-order valence-electron chi connectivity index (χ1n) is 21.9. The second kappa shape index (κ2) is 23.0. The second-order valence-corrected chi connectivity index (χ2v) is 19.7. The molecule has 0 amide bonds. The number of hydroxylamine groups is 1. The third kappa shape index (κ3) is 12.7. The predicted molar refractivity (Wildman–Crippen MR) is 270 cm³/mol. The molecule has 0 bridgehead atoms. The molecule has 0 spiro atoms. The molecule has 10 N–H and O–H groups in total. The lowest BCUT2D eigenvalue weighted by Crippen LogP contribution is -2.27. The smallest absolute Gasteiger partial charge is 0.351 e. The summed E-state index contributed by atoms with van der Waals surface area (Å²) in [4.78, 5) is 53.7. The molecule has 6 heterocycles. The molecule has 0 aliphatic carbocycles. The molecule has 0 aliphatic rings. The number of nitrogen functional groups attached to an aromatic ring is 2. The number of H-pyrrole nitrogens is 2. The Balaban J connectivity index is 0.807. The lowest BCUT2D eigenvalue weighted by Gasteiger charge is -2.09. The van der Waals surface area contributed by atoms with Crippen molar-refractivity contribution in [2.75, 3.05) is 42.2 Å². The Morgan fingerprint density at radius 3 is 1.97 bits per heavy atom.